The number of hydrogen-bond acceptors (Lipinski definition) is 5. The number of hydrogen-bond donors (Lipinski definition) is 0. The molecule has 0 saturated carbocycles. The van der Waals surface area contributed by atoms with Crippen LogP contribution in [0, 0.1) is 6.92 Å². The van der Waals surface area contributed by atoms with Gasteiger partial charge in [-0.2, -0.15) is 13.2 Å². The zero-order valence-corrected chi connectivity index (χ0v) is 20.8. The van der Waals surface area contributed by atoms with Crippen LogP contribution >= 0.6 is 23.1 Å². The maximum atomic E-state index is 13.3. The molecule has 0 N–H and O–H groups in total. The molecule has 5 rings (SSSR count). The smallest absolute Gasteiger partial charge is 0.416 e. The van der Waals surface area contributed by atoms with Crippen molar-refractivity contribution >= 4 is 29.0 Å². The predicted molar refractivity (Wildman–Crippen MR) is 131 cm³/mol. The molecule has 2 atom stereocenters. The molecule has 2 saturated heterocycles. The number of aromatic nitrogens is 1. The van der Waals surface area contributed by atoms with Crippen molar-refractivity contribution in [1.29, 1.82) is 0 Å². The third kappa shape index (κ3) is 5.51. The van der Waals surface area contributed by atoms with E-state index in [0.717, 1.165) is 46.3 Å². The number of aryl methyl sites for hydroxylation is 1. The van der Waals surface area contributed by atoms with E-state index in [-0.39, 0.29) is 29.8 Å². The topological polar surface area (TPSA) is 42.4 Å². The zero-order chi connectivity index (χ0) is 24.6. The molecule has 1 aromatic heterocycles. The van der Waals surface area contributed by atoms with E-state index < -0.39 is 11.7 Å². The summed E-state index contributed by atoms with van der Waals surface area (Å²) >= 11 is 3.32. The molecule has 2 unspecified atom stereocenters. The maximum absolute atomic E-state index is 13.3. The number of fused-ring (bicyclic) bond motifs is 2. The molecule has 0 aliphatic carbocycles. The van der Waals surface area contributed by atoms with Gasteiger partial charge in [-0.1, -0.05) is 30.0 Å². The van der Waals surface area contributed by atoms with Crippen LogP contribution in [0.5, 0.6) is 5.75 Å². The van der Waals surface area contributed by atoms with Crippen LogP contribution in [0.2, 0.25) is 0 Å². The van der Waals surface area contributed by atoms with Crippen molar-refractivity contribution in [2.75, 3.05) is 0 Å². The molecule has 2 fully saturated rings. The van der Waals surface area contributed by atoms with Gasteiger partial charge in [0.05, 0.1) is 5.56 Å². The molecule has 3 heterocycles. The van der Waals surface area contributed by atoms with Crippen molar-refractivity contribution in [1.82, 2.24) is 9.88 Å². The number of piperidine rings is 1. The molecule has 0 spiro atoms. The first-order valence-corrected chi connectivity index (χ1v) is 13.4. The number of alkyl halides is 3. The number of thioether (sulfide) groups is 1. The molecule has 0 radical (unpaired) electrons. The van der Waals surface area contributed by atoms with Crippen LogP contribution in [0.1, 0.15) is 52.9 Å². The summed E-state index contributed by atoms with van der Waals surface area (Å²) in [6.45, 7) is 1.98. The second-order valence-corrected chi connectivity index (χ2v) is 11.2. The summed E-state index contributed by atoms with van der Waals surface area (Å²) in [5.41, 5.74) is 2.11. The molecule has 3 aromatic rings. The Kier molecular flexibility index (Phi) is 6.81. The van der Waals surface area contributed by atoms with Crippen LogP contribution in [0.3, 0.4) is 0 Å². The fourth-order valence-corrected chi connectivity index (χ4v) is 6.73. The highest BCUT2D eigenvalue weighted by molar-refractivity contribution is 8.00. The SMILES string of the molecule is Cc1csc(SCc2ccc(C(=O)N3C4CCC3CC(Oc3cccc(C(F)(F)F)c3)C4)cc2)n1. The Balaban J connectivity index is 1.20. The number of ether oxygens (including phenoxy) is 1. The molecule has 184 valence electrons. The second kappa shape index (κ2) is 9.85. The Morgan fingerprint density at radius 3 is 2.49 bits per heavy atom. The Morgan fingerprint density at radius 1 is 1.14 bits per heavy atom. The van der Waals surface area contributed by atoms with E-state index in [9.17, 15) is 18.0 Å². The van der Waals surface area contributed by atoms with Crippen molar-refractivity contribution in [3.63, 3.8) is 0 Å². The Morgan fingerprint density at radius 2 is 1.86 bits per heavy atom. The second-order valence-electron chi connectivity index (χ2n) is 9.07. The highest BCUT2D eigenvalue weighted by atomic mass is 32.2. The third-order valence-electron chi connectivity index (χ3n) is 6.55. The highest BCUT2D eigenvalue weighted by Gasteiger charge is 2.44. The van der Waals surface area contributed by atoms with Gasteiger partial charge < -0.3 is 9.64 Å². The lowest BCUT2D eigenvalue weighted by Crippen LogP contribution is -2.49. The van der Waals surface area contributed by atoms with Gasteiger partial charge in [-0.3, -0.25) is 4.79 Å². The van der Waals surface area contributed by atoms with E-state index in [1.54, 1.807) is 29.2 Å². The average molecular weight is 519 g/mol. The van der Waals surface area contributed by atoms with E-state index in [4.69, 9.17) is 4.74 Å². The van der Waals surface area contributed by atoms with Crippen LogP contribution in [0.4, 0.5) is 13.2 Å². The molecule has 1 amide bonds. The molecular formula is C26H25F3N2O2S2. The van der Waals surface area contributed by atoms with E-state index in [0.29, 0.717) is 18.4 Å². The molecule has 2 aliphatic heterocycles. The molecular weight excluding hydrogens is 493 g/mol. The summed E-state index contributed by atoms with van der Waals surface area (Å²) < 4.78 is 46.1. The van der Waals surface area contributed by atoms with E-state index >= 15 is 0 Å². The summed E-state index contributed by atoms with van der Waals surface area (Å²) in [6.07, 6.45) is -1.57. The van der Waals surface area contributed by atoms with Gasteiger partial charge in [0.15, 0.2) is 0 Å². The summed E-state index contributed by atoms with van der Waals surface area (Å²) in [7, 11) is 0. The number of carbonyl (C=O) groups is 1. The van der Waals surface area contributed by atoms with Crippen LogP contribution < -0.4 is 4.74 Å². The summed E-state index contributed by atoms with van der Waals surface area (Å²) in [6, 6.07) is 12.9. The van der Waals surface area contributed by atoms with E-state index in [1.165, 1.54) is 6.07 Å². The minimum Gasteiger partial charge on any atom is -0.490 e. The first-order chi connectivity index (χ1) is 16.8. The molecule has 2 aliphatic rings. The van der Waals surface area contributed by atoms with Crippen LogP contribution in [0.25, 0.3) is 0 Å². The number of rotatable bonds is 6. The maximum Gasteiger partial charge on any atom is 0.416 e. The molecule has 9 heteroatoms. The minimum absolute atomic E-state index is 0.0183. The van der Waals surface area contributed by atoms with Gasteiger partial charge in [-0.25, -0.2) is 4.98 Å². The van der Waals surface area contributed by atoms with Gasteiger partial charge in [0.1, 0.15) is 16.2 Å². The normalized spacial score (nSPS) is 21.8. The molecule has 4 nitrogen and oxygen atoms in total. The Bertz CT molecular complexity index is 1180. The lowest BCUT2D eigenvalue weighted by atomic mass is 9.98. The van der Waals surface area contributed by atoms with Crippen molar-refractivity contribution in [3.05, 3.63) is 76.3 Å². The highest BCUT2D eigenvalue weighted by Crippen LogP contribution is 2.39. The zero-order valence-electron chi connectivity index (χ0n) is 19.1. The summed E-state index contributed by atoms with van der Waals surface area (Å²) in [5, 5.41) is 2.03. The monoisotopic (exact) mass is 518 g/mol. The van der Waals surface area contributed by atoms with Gasteiger partial charge >= 0.3 is 6.18 Å². The minimum atomic E-state index is -4.40. The number of halogens is 3. The largest absolute Gasteiger partial charge is 0.490 e. The van der Waals surface area contributed by atoms with Crippen LogP contribution in [-0.2, 0) is 11.9 Å². The number of nitrogens with zero attached hydrogens (tertiary/aromatic N) is 2. The molecule has 2 bridgehead atoms. The number of benzene rings is 2. The summed E-state index contributed by atoms with van der Waals surface area (Å²) in [4.78, 5) is 19.8. The molecule has 35 heavy (non-hydrogen) atoms. The van der Waals surface area contributed by atoms with Gasteiger partial charge in [0.25, 0.3) is 5.91 Å². The van der Waals surface area contributed by atoms with Crippen molar-refractivity contribution in [3.8, 4) is 5.75 Å². The van der Waals surface area contributed by atoms with E-state index in [1.807, 2.05) is 41.5 Å². The van der Waals surface area contributed by atoms with E-state index in [2.05, 4.69) is 4.98 Å². The number of carbonyl (C=O) groups excluding carboxylic acids is 1. The molecule has 2 aromatic carbocycles. The van der Waals surface area contributed by atoms with Gasteiger partial charge in [0.2, 0.25) is 0 Å². The third-order valence-corrected chi connectivity index (χ3v) is 8.76. The van der Waals surface area contributed by atoms with Crippen molar-refractivity contribution < 1.29 is 22.7 Å². The fraction of sp³-hybridized carbons (Fsp3) is 0.385. The van der Waals surface area contributed by atoms with Gasteiger partial charge in [0, 0.05) is 47.3 Å². The Hall–Kier alpha value is -2.52. The first-order valence-electron chi connectivity index (χ1n) is 11.6. The first kappa shape index (κ1) is 24.2. The van der Waals surface area contributed by atoms with Crippen LogP contribution in [0.15, 0.2) is 58.3 Å². The van der Waals surface area contributed by atoms with Crippen molar-refractivity contribution in [2.24, 2.45) is 0 Å². The lowest BCUT2D eigenvalue weighted by Gasteiger charge is -2.39. The average Bonchev–Trinajstić information content (AvgIpc) is 3.37. The fourth-order valence-electron chi connectivity index (χ4n) is 4.93. The quantitative estimate of drug-likeness (QED) is 0.330. The van der Waals surface area contributed by atoms with Gasteiger partial charge in [-0.05, 0) is 55.7 Å². The standard InChI is InChI=1S/C26H25F3N2O2S2/c1-16-14-34-25(30-16)35-15-17-5-7-18(8-6-17)24(32)31-20-9-10-21(31)13-23(12-20)33-22-4-2-3-19(11-22)26(27,28)29/h2-8,11,14,20-21,23H,9-10,12-13,15H2,1H3. The number of amides is 1. The van der Waals surface area contributed by atoms with Gasteiger partial charge in [-0.15, -0.1) is 11.3 Å². The lowest BCUT2D eigenvalue weighted by molar-refractivity contribution is -0.137. The van der Waals surface area contributed by atoms with Crippen LogP contribution in [-0.4, -0.2) is 34.0 Å². The van der Waals surface area contributed by atoms with Crippen molar-refractivity contribution in [2.45, 2.75) is 67.1 Å². The summed E-state index contributed by atoms with van der Waals surface area (Å²) in [5.74, 6) is 1.04. The Labute approximate surface area is 210 Å². The predicted octanol–water partition coefficient (Wildman–Crippen LogP) is 6.98. The number of thiazole rings is 1.